The molecule has 7 heteroatoms. The minimum absolute atomic E-state index is 0.0444. The number of hydrogen-bond donors (Lipinski definition) is 0. The van der Waals surface area contributed by atoms with E-state index in [0.29, 0.717) is 6.20 Å². The maximum atomic E-state index is 12.3. The Morgan fingerprint density at radius 2 is 1.86 bits per heavy atom. The number of aryl methyl sites for hydroxylation is 1. The van der Waals surface area contributed by atoms with Gasteiger partial charge in [0.1, 0.15) is 5.56 Å². The zero-order valence-electron chi connectivity index (χ0n) is 7.42. The van der Waals surface area contributed by atoms with Crippen LogP contribution in [0.3, 0.4) is 0 Å². The molecule has 1 rings (SSSR count). The van der Waals surface area contributed by atoms with Crippen LogP contribution in [0.15, 0.2) is 11.0 Å². The lowest BCUT2D eigenvalue weighted by Gasteiger charge is -2.10. The lowest BCUT2D eigenvalue weighted by molar-refractivity contribution is -0.139. The monoisotopic (exact) mass is 224 g/mol. The molecule has 1 heterocycles. The molecule has 0 aliphatic rings. The third-order valence-electron chi connectivity index (χ3n) is 1.75. The van der Waals surface area contributed by atoms with E-state index in [-0.39, 0.29) is 4.77 Å². The summed E-state index contributed by atoms with van der Waals surface area (Å²) >= 11 is 4.72. The predicted octanol–water partition coefficient (Wildman–Crippen LogP) is 1.47. The fourth-order valence-electron chi connectivity index (χ4n) is 1.00. The number of nitrogens with zero attached hydrogens (tertiary/aromatic N) is 2. The molecule has 0 aromatic carbocycles. The second-order valence-corrected chi connectivity index (χ2v) is 3.16. The van der Waals surface area contributed by atoms with E-state index in [4.69, 9.17) is 12.2 Å². The lowest BCUT2D eigenvalue weighted by Crippen LogP contribution is -2.29. The highest BCUT2D eigenvalue weighted by Crippen LogP contribution is 2.25. The van der Waals surface area contributed by atoms with Crippen LogP contribution in [0.4, 0.5) is 13.2 Å². The quantitative estimate of drug-likeness (QED) is 0.624. The molecule has 0 saturated carbocycles. The summed E-state index contributed by atoms with van der Waals surface area (Å²) in [6.45, 7) is 0. The topological polar surface area (TPSA) is 26.9 Å². The van der Waals surface area contributed by atoms with Gasteiger partial charge >= 0.3 is 6.18 Å². The molecule has 0 spiro atoms. The second kappa shape index (κ2) is 3.23. The van der Waals surface area contributed by atoms with Gasteiger partial charge in [0.15, 0.2) is 4.77 Å². The van der Waals surface area contributed by atoms with Crippen LogP contribution in [-0.2, 0) is 20.3 Å². The average Bonchev–Trinajstić information content (AvgIpc) is 2.06. The van der Waals surface area contributed by atoms with Crippen molar-refractivity contribution < 1.29 is 13.2 Å². The molecule has 0 fully saturated rings. The summed E-state index contributed by atoms with van der Waals surface area (Å²) in [6, 6.07) is 0. The first-order chi connectivity index (χ1) is 6.25. The lowest BCUT2D eigenvalue weighted by atomic mass is 10.3. The van der Waals surface area contributed by atoms with Gasteiger partial charge < -0.3 is 4.57 Å². The van der Waals surface area contributed by atoms with E-state index in [9.17, 15) is 18.0 Å². The van der Waals surface area contributed by atoms with Gasteiger partial charge in [-0.1, -0.05) is 0 Å². The molecule has 0 amide bonds. The Labute approximate surface area is 82.4 Å². The Morgan fingerprint density at radius 3 is 2.29 bits per heavy atom. The van der Waals surface area contributed by atoms with Crippen molar-refractivity contribution in [2.75, 3.05) is 0 Å². The minimum atomic E-state index is -4.64. The van der Waals surface area contributed by atoms with Gasteiger partial charge in [0, 0.05) is 20.3 Å². The molecule has 1 aromatic rings. The van der Waals surface area contributed by atoms with Crippen LogP contribution in [0.2, 0.25) is 0 Å². The van der Waals surface area contributed by atoms with E-state index in [0.717, 1.165) is 9.13 Å². The van der Waals surface area contributed by atoms with Crippen molar-refractivity contribution in [2.24, 2.45) is 14.1 Å². The van der Waals surface area contributed by atoms with Gasteiger partial charge in [0.25, 0.3) is 5.56 Å². The van der Waals surface area contributed by atoms with Gasteiger partial charge in [-0.15, -0.1) is 0 Å². The molecule has 0 radical (unpaired) electrons. The Balaban J connectivity index is 3.67. The molecule has 0 N–H and O–H groups in total. The van der Waals surface area contributed by atoms with Crippen LogP contribution in [0.5, 0.6) is 0 Å². The molecule has 0 saturated heterocycles. The summed E-state index contributed by atoms with van der Waals surface area (Å²) < 4.78 is 38.8. The van der Waals surface area contributed by atoms with Crippen molar-refractivity contribution in [1.82, 2.24) is 9.13 Å². The van der Waals surface area contributed by atoms with Crippen molar-refractivity contribution in [3.05, 3.63) is 26.9 Å². The summed E-state index contributed by atoms with van der Waals surface area (Å²) in [7, 11) is 2.57. The molecule has 0 aliphatic heterocycles. The highest BCUT2D eigenvalue weighted by molar-refractivity contribution is 7.71. The summed E-state index contributed by atoms with van der Waals surface area (Å²) in [5.74, 6) is 0. The van der Waals surface area contributed by atoms with Crippen LogP contribution >= 0.6 is 12.2 Å². The molecule has 3 nitrogen and oxygen atoms in total. The third kappa shape index (κ3) is 1.72. The van der Waals surface area contributed by atoms with E-state index in [1.54, 1.807) is 0 Å². The van der Waals surface area contributed by atoms with Crippen LogP contribution in [0.1, 0.15) is 5.56 Å². The number of aromatic nitrogens is 2. The maximum Gasteiger partial charge on any atom is 0.423 e. The summed E-state index contributed by atoms with van der Waals surface area (Å²) in [6.07, 6.45) is -3.94. The van der Waals surface area contributed by atoms with Gasteiger partial charge in [0.2, 0.25) is 0 Å². The minimum Gasteiger partial charge on any atom is -0.327 e. The Hall–Kier alpha value is -1.11. The molecule has 0 aliphatic carbocycles. The smallest absolute Gasteiger partial charge is 0.327 e. The maximum absolute atomic E-state index is 12.3. The van der Waals surface area contributed by atoms with Crippen molar-refractivity contribution in [1.29, 1.82) is 0 Å². The zero-order valence-corrected chi connectivity index (χ0v) is 8.24. The number of halogens is 3. The first-order valence-electron chi connectivity index (χ1n) is 3.59. The second-order valence-electron chi connectivity index (χ2n) is 2.80. The van der Waals surface area contributed by atoms with Crippen LogP contribution in [0, 0.1) is 4.77 Å². The predicted molar refractivity (Wildman–Crippen MR) is 46.5 cm³/mol. The Morgan fingerprint density at radius 1 is 1.36 bits per heavy atom. The molecule has 0 bridgehead atoms. The fraction of sp³-hybridized carbons (Fsp3) is 0.429. The summed E-state index contributed by atoms with van der Waals surface area (Å²) in [4.78, 5) is 11.2. The highest BCUT2D eigenvalue weighted by atomic mass is 32.1. The molecule has 1 aromatic heterocycles. The van der Waals surface area contributed by atoms with E-state index in [2.05, 4.69) is 0 Å². The molecule has 0 unspecified atom stereocenters. The first-order valence-corrected chi connectivity index (χ1v) is 4.00. The number of rotatable bonds is 0. The average molecular weight is 224 g/mol. The molecular formula is C7H7F3N2OS. The molecular weight excluding hydrogens is 217 g/mol. The van der Waals surface area contributed by atoms with E-state index in [1.165, 1.54) is 14.1 Å². The largest absolute Gasteiger partial charge is 0.423 e. The van der Waals surface area contributed by atoms with Crippen molar-refractivity contribution in [3.63, 3.8) is 0 Å². The van der Waals surface area contributed by atoms with Crippen LogP contribution in [-0.4, -0.2) is 9.13 Å². The molecule has 78 valence electrons. The molecule has 14 heavy (non-hydrogen) atoms. The summed E-state index contributed by atoms with van der Waals surface area (Å²) in [5.41, 5.74) is -2.34. The first kappa shape index (κ1) is 11.0. The van der Waals surface area contributed by atoms with Gasteiger partial charge in [-0.2, -0.15) is 13.2 Å². The Bertz CT molecular complexity index is 471. The highest BCUT2D eigenvalue weighted by Gasteiger charge is 2.35. The van der Waals surface area contributed by atoms with Crippen molar-refractivity contribution in [3.8, 4) is 0 Å². The number of alkyl halides is 3. The van der Waals surface area contributed by atoms with Crippen molar-refractivity contribution in [2.45, 2.75) is 6.18 Å². The number of hydrogen-bond acceptors (Lipinski definition) is 2. The zero-order chi connectivity index (χ0) is 11.1. The van der Waals surface area contributed by atoms with Crippen LogP contribution < -0.4 is 5.56 Å². The van der Waals surface area contributed by atoms with E-state index in [1.807, 2.05) is 0 Å². The van der Waals surface area contributed by atoms with Gasteiger partial charge in [0.05, 0.1) is 0 Å². The molecule has 0 atom stereocenters. The van der Waals surface area contributed by atoms with E-state index >= 15 is 0 Å². The van der Waals surface area contributed by atoms with Gasteiger partial charge in [-0.05, 0) is 12.2 Å². The normalized spacial score (nSPS) is 11.8. The van der Waals surface area contributed by atoms with Gasteiger partial charge in [-0.3, -0.25) is 9.36 Å². The van der Waals surface area contributed by atoms with E-state index < -0.39 is 17.3 Å². The van der Waals surface area contributed by atoms with Crippen molar-refractivity contribution >= 4 is 12.2 Å². The van der Waals surface area contributed by atoms with Crippen LogP contribution in [0.25, 0.3) is 0 Å². The fourth-order valence-corrected chi connectivity index (χ4v) is 1.14. The SMILES string of the molecule is Cn1cc(C(F)(F)F)c(=O)n(C)c1=S. The third-order valence-corrected chi connectivity index (χ3v) is 2.31. The Kier molecular flexibility index (Phi) is 2.53. The summed E-state index contributed by atoms with van der Waals surface area (Å²) in [5, 5.41) is 0. The standard InChI is InChI=1S/C7H7F3N2OS/c1-11-3-4(7(8,9)10)5(13)12(2)6(11)14/h3H,1-2H3. The van der Waals surface area contributed by atoms with Gasteiger partial charge in [-0.25, -0.2) is 0 Å².